The summed E-state index contributed by atoms with van der Waals surface area (Å²) in [6.07, 6.45) is 1.19. The fraction of sp³-hybridized carbons (Fsp3) is 0.556. The van der Waals surface area contributed by atoms with Crippen molar-refractivity contribution in [3.8, 4) is 0 Å². The second-order valence-corrected chi connectivity index (χ2v) is 8.02. The molecule has 1 rings (SSSR count). The van der Waals surface area contributed by atoms with Crippen molar-refractivity contribution in [2.24, 2.45) is 4.99 Å². The Morgan fingerprint density at radius 2 is 1.69 bits per heavy atom. The number of nitrogens with one attached hydrogen (secondary N) is 1. The lowest BCUT2D eigenvalue weighted by atomic mass is 10.2. The summed E-state index contributed by atoms with van der Waals surface area (Å²) in [5.41, 5.74) is 0.899. The molecule has 0 radical (unpaired) electrons. The molecule has 0 saturated carbocycles. The molecule has 8 heteroatoms. The number of benzene rings is 1. The maximum atomic E-state index is 12.3. The normalized spacial score (nSPS) is 12.0. The van der Waals surface area contributed by atoms with Crippen LogP contribution in [0.4, 0.5) is 0 Å². The van der Waals surface area contributed by atoms with Gasteiger partial charge in [0, 0.05) is 32.9 Å². The van der Waals surface area contributed by atoms with Crippen LogP contribution in [0, 0.1) is 0 Å². The lowest BCUT2D eigenvalue weighted by Crippen LogP contribution is -2.45. The zero-order chi connectivity index (χ0) is 19.7. The Hall–Kier alpha value is -2.09. The van der Waals surface area contributed by atoms with Crippen molar-refractivity contribution in [2.75, 3.05) is 39.5 Å². The van der Waals surface area contributed by atoms with Gasteiger partial charge >= 0.3 is 0 Å². The zero-order valence-electron chi connectivity index (χ0n) is 16.3. The molecule has 0 spiro atoms. The lowest BCUT2D eigenvalue weighted by molar-refractivity contribution is -0.131. The van der Waals surface area contributed by atoms with Crippen LogP contribution in [0.2, 0.25) is 0 Å². The van der Waals surface area contributed by atoms with Gasteiger partial charge in [0.25, 0.3) is 0 Å². The summed E-state index contributed by atoms with van der Waals surface area (Å²) in [4.78, 5) is 20.7. The third kappa shape index (κ3) is 6.67. The van der Waals surface area contributed by atoms with Crippen LogP contribution >= 0.6 is 0 Å². The highest BCUT2D eigenvalue weighted by atomic mass is 32.2. The number of carbonyl (C=O) groups is 1. The van der Waals surface area contributed by atoms with Gasteiger partial charge in [-0.25, -0.2) is 13.4 Å². The van der Waals surface area contributed by atoms with Gasteiger partial charge in [-0.05, 0) is 38.5 Å². The van der Waals surface area contributed by atoms with E-state index < -0.39 is 9.84 Å². The number of hydrogen-bond donors (Lipinski definition) is 1. The van der Waals surface area contributed by atoms with Gasteiger partial charge in [0.1, 0.15) is 0 Å². The van der Waals surface area contributed by atoms with E-state index in [0.29, 0.717) is 37.0 Å². The van der Waals surface area contributed by atoms with Gasteiger partial charge in [-0.15, -0.1) is 0 Å². The van der Waals surface area contributed by atoms with E-state index in [1.54, 1.807) is 34.1 Å². The Balaban J connectivity index is 2.83. The number of nitrogens with zero attached hydrogens (tertiary/aromatic N) is 3. The van der Waals surface area contributed by atoms with E-state index in [1.165, 1.54) is 6.26 Å². The van der Waals surface area contributed by atoms with E-state index in [2.05, 4.69) is 10.3 Å². The molecule has 0 aliphatic heterocycles. The first-order valence-electron chi connectivity index (χ1n) is 8.79. The zero-order valence-corrected chi connectivity index (χ0v) is 17.1. The Kier molecular flexibility index (Phi) is 8.57. The SMILES string of the molecule is CCNC(=NCc1ccc(S(C)(=O)=O)cc1)N(C)CC(=O)N(CC)CC. The number of aliphatic imine (C=N–C) groups is 1. The van der Waals surface area contributed by atoms with Crippen molar-refractivity contribution in [1.82, 2.24) is 15.1 Å². The van der Waals surface area contributed by atoms with E-state index in [4.69, 9.17) is 0 Å². The van der Waals surface area contributed by atoms with Crippen molar-refractivity contribution >= 4 is 21.7 Å². The molecule has 1 amide bonds. The first kappa shape index (κ1) is 22.0. The van der Waals surface area contributed by atoms with Crippen LogP contribution in [0.25, 0.3) is 0 Å². The number of rotatable bonds is 8. The highest BCUT2D eigenvalue weighted by Gasteiger charge is 2.15. The van der Waals surface area contributed by atoms with Crippen molar-refractivity contribution in [3.05, 3.63) is 29.8 Å². The van der Waals surface area contributed by atoms with Crippen molar-refractivity contribution in [3.63, 3.8) is 0 Å². The van der Waals surface area contributed by atoms with Crippen molar-refractivity contribution in [2.45, 2.75) is 32.2 Å². The number of likely N-dealkylation sites (N-methyl/N-ethyl adjacent to an activating group) is 2. The first-order valence-corrected chi connectivity index (χ1v) is 10.7. The topological polar surface area (TPSA) is 82.1 Å². The molecule has 0 aliphatic carbocycles. The van der Waals surface area contributed by atoms with E-state index in [-0.39, 0.29) is 12.5 Å². The molecule has 26 heavy (non-hydrogen) atoms. The Labute approximate surface area is 157 Å². The molecular formula is C18H30N4O3S. The standard InChI is InChI=1S/C18H30N4O3S/c1-6-19-18(21(4)14-17(23)22(7-2)8-3)20-13-15-9-11-16(12-10-15)26(5,24)25/h9-12H,6-8,13-14H2,1-5H3,(H,19,20). The quantitative estimate of drug-likeness (QED) is 0.542. The van der Waals surface area contributed by atoms with Crippen molar-refractivity contribution in [1.29, 1.82) is 0 Å². The third-order valence-corrected chi connectivity index (χ3v) is 5.08. The number of sulfone groups is 1. The van der Waals surface area contributed by atoms with Crippen LogP contribution in [0.3, 0.4) is 0 Å². The predicted octanol–water partition coefficient (Wildman–Crippen LogP) is 1.36. The minimum absolute atomic E-state index is 0.0561. The summed E-state index contributed by atoms with van der Waals surface area (Å²) in [7, 11) is -1.37. The minimum atomic E-state index is -3.20. The Bertz CT molecular complexity index is 710. The summed E-state index contributed by atoms with van der Waals surface area (Å²) >= 11 is 0. The largest absolute Gasteiger partial charge is 0.357 e. The molecular weight excluding hydrogens is 352 g/mol. The van der Waals surface area contributed by atoms with Crippen LogP contribution in [0.5, 0.6) is 0 Å². The highest BCUT2D eigenvalue weighted by Crippen LogP contribution is 2.11. The molecule has 0 atom stereocenters. The van der Waals surface area contributed by atoms with Gasteiger partial charge in [-0.3, -0.25) is 4.79 Å². The fourth-order valence-electron chi connectivity index (χ4n) is 2.43. The number of hydrogen-bond acceptors (Lipinski definition) is 4. The highest BCUT2D eigenvalue weighted by molar-refractivity contribution is 7.90. The van der Waals surface area contributed by atoms with Crippen LogP contribution in [-0.2, 0) is 21.2 Å². The van der Waals surface area contributed by atoms with E-state index in [1.807, 2.05) is 27.8 Å². The van der Waals surface area contributed by atoms with Gasteiger partial charge in [-0.1, -0.05) is 12.1 Å². The summed E-state index contributed by atoms with van der Waals surface area (Å²) < 4.78 is 23.0. The number of amides is 1. The molecule has 0 aliphatic rings. The first-order chi connectivity index (χ1) is 12.2. The lowest BCUT2D eigenvalue weighted by Gasteiger charge is -2.25. The van der Waals surface area contributed by atoms with E-state index >= 15 is 0 Å². The second-order valence-electron chi connectivity index (χ2n) is 6.01. The number of guanidine groups is 1. The molecule has 0 aromatic heterocycles. The molecule has 0 heterocycles. The Morgan fingerprint density at radius 3 is 2.15 bits per heavy atom. The third-order valence-electron chi connectivity index (χ3n) is 3.95. The Morgan fingerprint density at radius 1 is 1.12 bits per heavy atom. The summed E-state index contributed by atoms with van der Waals surface area (Å²) in [6, 6.07) is 6.68. The van der Waals surface area contributed by atoms with Crippen LogP contribution in [-0.4, -0.2) is 69.6 Å². The smallest absolute Gasteiger partial charge is 0.242 e. The average molecular weight is 383 g/mol. The molecule has 146 valence electrons. The fourth-order valence-corrected chi connectivity index (χ4v) is 3.06. The maximum Gasteiger partial charge on any atom is 0.242 e. The molecule has 1 N–H and O–H groups in total. The van der Waals surface area contributed by atoms with Crippen LogP contribution < -0.4 is 5.32 Å². The summed E-state index contributed by atoms with van der Waals surface area (Å²) in [5.74, 6) is 0.695. The monoisotopic (exact) mass is 382 g/mol. The summed E-state index contributed by atoms with van der Waals surface area (Å²) in [5, 5.41) is 3.18. The van der Waals surface area contributed by atoms with Gasteiger partial charge in [0.05, 0.1) is 18.0 Å². The van der Waals surface area contributed by atoms with Crippen LogP contribution in [0.15, 0.2) is 34.2 Å². The molecule has 1 aromatic rings. The maximum absolute atomic E-state index is 12.3. The van der Waals surface area contributed by atoms with Gasteiger partial charge in [-0.2, -0.15) is 0 Å². The van der Waals surface area contributed by atoms with E-state index in [9.17, 15) is 13.2 Å². The van der Waals surface area contributed by atoms with Gasteiger partial charge in [0.15, 0.2) is 15.8 Å². The molecule has 1 aromatic carbocycles. The molecule has 0 fully saturated rings. The van der Waals surface area contributed by atoms with Crippen LogP contribution in [0.1, 0.15) is 26.3 Å². The summed E-state index contributed by atoms with van der Waals surface area (Å²) in [6.45, 7) is 8.59. The predicted molar refractivity (Wildman–Crippen MR) is 105 cm³/mol. The molecule has 0 saturated heterocycles. The molecule has 7 nitrogen and oxygen atoms in total. The minimum Gasteiger partial charge on any atom is -0.357 e. The van der Waals surface area contributed by atoms with Crippen molar-refractivity contribution < 1.29 is 13.2 Å². The average Bonchev–Trinajstić information content (AvgIpc) is 2.59. The molecule has 0 bridgehead atoms. The van der Waals surface area contributed by atoms with Gasteiger partial charge < -0.3 is 15.1 Å². The van der Waals surface area contributed by atoms with E-state index in [0.717, 1.165) is 5.56 Å². The molecule has 0 unspecified atom stereocenters. The van der Waals surface area contributed by atoms with Gasteiger partial charge in [0.2, 0.25) is 5.91 Å². The second kappa shape index (κ2) is 10.2. The number of carbonyl (C=O) groups excluding carboxylic acids is 1.